The number of alkyl halides is 3. The second kappa shape index (κ2) is 18.9. The number of nitrogens with one attached hydrogen (secondary N) is 2. The standard InChI is InChI=1S/C31H44F3N5O5/c1-5-6-15-37-30(35)38-28(40)26(44-29(41)31(32,33)34)20-23-13-14-24(22-11-8-7-9-12-22)27(43-19-10-18-42-4)25(23)21-36-16-17-39(2)3/h7-9,11-14,26,36H,5-6,10,15-21H2,1-4H3,(H3,35,37,38,40). The molecule has 10 nitrogen and oxygen atoms in total. The summed E-state index contributed by atoms with van der Waals surface area (Å²) in [6, 6.07) is 13.0. The lowest BCUT2D eigenvalue weighted by Gasteiger charge is -2.23. The molecular weight excluding hydrogens is 579 g/mol. The molecule has 2 aromatic carbocycles. The van der Waals surface area contributed by atoms with Gasteiger partial charge in [0.25, 0.3) is 5.91 Å². The molecule has 4 N–H and O–H groups in total. The molecule has 0 saturated heterocycles. The van der Waals surface area contributed by atoms with Crippen molar-refractivity contribution in [2.75, 3.05) is 54.1 Å². The van der Waals surface area contributed by atoms with E-state index in [2.05, 4.69) is 15.6 Å². The molecule has 1 atom stereocenters. The van der Waals surface area contributed by atoms with Gasteiger partial charge in [0, 0.05) is 63.9 Å². The summed E-state index contributed by atoms with van der Waals surface area (Å²) in [5, 5.41) is 5.63. The van der Waals surface area contributed by atoms with Crippen molar-refractivity contribution in [3.8, 4) is 16.9 Å². The van der Waals surface area contributed by atoms with E-state index in [1.165, 1.54) is 0 Å². The lowest BCUT2D eigenvalue weighted by Crippen LogP contribution is -2.46. The Labute approximate surface area is 257 Å². The Bertz CT molecular complexity index is 1210. The summed E-state index contributed by atoms with van der Waals surface area (Å²) >= 11 is 0. The van der Waals surface area contributed by atoms with Crippen LogP contribution in [0.25, 0.3) is 11.1 Å². The lowest BCUT2D eigenvalue weighted by molar-refractivity contribution is -0.205. The Morgan fingerprint density at radius 2 is 1.80 bits per heavy atom. The molecule has 0 aliphatic heterocycles. The van der Waals surface area contributed by atoms with E-state index in [1.807, 2.05) is 56.3 Å². The van der Waals surface area contributed by atoms with Crippen LogP contribution in [0.4, 0.5) is 13.2 Å². The van der Waals surface area contributed by atoms with Crippen LogP contribution in [0.5, 0.6) is 5.75 Å². The number of methoxy groups -OCH3 is 1. The summed E-state index contributed by atoms with van der Waals surface area (Å²) in [6.45, 7) is 4.63. The van der Waals surface area contributed by atoms with Crippen LogP contribution in [0.15, 0.2) is 47.5 Å². The smallest absolute Gasteiger partial charge is 0.490 e. The van der Waals surface area contributed by atoms with Gasteiger partial charge in [0.1, 0.15) is 5.75 Å². The number of amides is 1. The van der Waals surface area contributed by atoms with Gasteiger partial charge >= 0.3 is 12.1 Å². The van der Waals surface area contributed by atoms with Gasteiger partial charge in [-0.1, -0.05) is 55.8 Å². The first-order valence-electron chi connectivity index (χ1n) is 14.5. The zero-order valence-electron chi connectivity index (χ0n) is 25.8. The number of esters is 1. The fourth-order valence-corrected chi connectivity index (χ4v) is 4.14. The van der Waals surface area contributed by atoms with E-state index >= 15 is 0 Å². The molecule has 0 aliphatic carbocycles. The Morgan fingerprint density at radius 3 is 2.43 bits per heavy atom. The average molecular weight is 624 g/mol. The highest BCUT2D eigenvalue weighted by atomic mass is 19.4. The molecule has 13 heteroatoms. The highest BCUT2D eigenvalue weighted by Crippen LogP contribution is 2.36. The van der Waals surface area contributed by atoms with Crippen LogP contribution in [0.1, 0.15) is 37.3 Å². The number of guanidine groups is 1. The molecule has 0 fully saturated rings. The van der Waals surface area contributed by atoms with E-state index in [1.54, 1.807) is 19.2 Å². The summed E-state index contributed by atoms with van der Waals surface area (Å²) < 4.78 is 55.9. The number of unbranched alkanes of at least 4 members (excludes halogenated alkanes) is 1. The first kappa shape index (κ1) is 36.5. The van der Waals surface area contributed by atoms with Crippen LogP contribution < -0.4 is 21.1 Å². The zero-order valence-corrected chi connectivity index (χ0v) is 25.8. The maximum Gasteiger partial charge on any atom is 0.490 e. The monoisotopic (exact) mass is 623 g/mol. The number of nitrogens with zero attached hydrogens (tertiary/aromatic N) is 2. The van der Waals surface area contributed by atoms with E-state index < -0.39 is 24.2 Å². The molecule has 44 heavy (non-hydrogen) atoms. The maximum absolute atomic E-state index is 13.2. The Kier molecular flexibility index (Phi) is 15.7. The minimum Gasteiger partial charge on any atom is -0.493 e. The topological polar surface area (TPSA) is 128 Å². The molecule has 0 heterocycles. The van der Waals surface area contributed by atoms with Crippen molar-refractivity contribution in [2.45, 2.75) is 51.4 Å². The third-order valence-corrected chi connectivity index (χ3v) is 6.44. The van der Waals surface area contributed by atoms with Crippen LogP contribution >= 0.6 is 0 Å². The molecule has 0 aromatic heterocycles. The van der Waals surface area contributed by atoms with Crippen LogP contribution in [0.3, 0.4) is 0 Å². The quantitative estimate of drug-likeness (QED) is 0.0994. The normalized spacial score (nSPS) is 12.7. The number of halogens is 3. The second-order valence-electron chi connectivity index (χ2n) is 10.3. The number of hydrogen-bond donors (Lipinski definition) is 3. The molecule has 0 bridgehead atoms. The third-order valence-electron chi connectivity index (χ3n) is 6.44. The highest BCUT2D eigenvalue weighted by Gasteiger charge is 2.43. The zero-order chi connectivity index (χ0) is 32.5. The van der Waals surface area contributed by atoms with Crippen molar-refractivity contribution in [1.82, 2.24) is 15.5 Å². The lowest BCUT2D eigenvalue weighted by atomic mass is 9.94. The molecule has 2 aromatic rings. The van der Waals surface area contributed by atoms with Gasteiger partial charge in [-0.2, -0.15) is 13.2 Å². The third kappa shape index (κ3) is 12.5. The van der Waals surface area contributed by atoms with Gasteiger partial charge < -0.3 is 30.2 Å². The summed E-state index contributed by atoms with van der Waals surface area (Å²) in [5.74, 6) is -3.28. The Balaban J connectivity index is 2.57. The number of carbonyl (C=O) groups excluding carboxylic acids is 2. The van der Waals surface area contributed by atoms with Gasteiger partial charge in [-0.3, -0.25) is 15.1 Å². The summed E-state index contributed by atoms with van der Waals surface area (Å²) in [4.78, 5) is 31.0. The number of carbonyl (C=O) groups is 2. The van der Waals surface area contributed by atoms with Crippen molar-refractivity contribution < 1.29 is 37.0 Å². The van der Waals surface area contributed by atoms with Gasteiger partial charge in [0.15, 0.2) is 12.1 Å². The predicted octanol–water partition coefficient (Wildman–Crippen LogP) is 3.67. The molecule has 0 aliphatic rings. The van der Waals surface area contributed by atoms with Crippen molar-refractivity contribution >= 4 is 17.8 Å². The maximum atomic E-state index is 13.2. The number of benzene rings is 2. The number of ether oxygens (including phenoxy) is 3. The molecule has 1 amide bonds. The van der Waals surface area contributed by atoms with E-state index in [0.29, 0.717) is 56.0 Å². The Morgan fingerprint density at radius 1 is 1.07 bits per heavy atom. The average Bonchev–Trinajstić information content (AvgIpc) is 2.97. The van der Waals surface area contributed by atoms with Crippen molar-refractivity contribution in [2.24, 2.45) is 10.7 Å². The van der Waals surface area contributed by atoms with E-state index in [9.17, 15) is 22.8 Å². The molecule has 0 radical (unpaired) electrons. The first-order chi connectivity index (χ1) is 21.0. The van der Waals surface area contributed by atoms with Gasteiger partial charge in [0.05, 0.1) is 6.61 Å². The minimum absolute atomic E-state index is 0.269. The number of nitrogens with two attached hydrogens (primary N) is 1. The summed E-state index contributed by atoms with van der Waals surface area (Å²) in [6.07, 6.45) is -5.40. The Hall–Kier alpha value is -3.68. The largest absolute Gasteiger partial charge is 0.493 e. The van der Waals surface area contributed by atoms with Gasteiger partial charge in [-0.25, -0.2) is 4.79 Å². The van der Waals surface area contributed by atoms with Gasteiger partial charge in [0.2, 0.25) is 0 Å². The van der Waals surface area contributed by atoms with E-state index in [-0.39, 0.29) is 18.9 Å². The van der Waals surface area contributed by atoms with Crippen molar-refractivity contribution in [1.29, 1.82) is 0 Å². The molecule has 244 valence electrons. The second-order valence-corrected chi connectivity index (χ2v) is 10.3. The molecule has 0 saturated carbocycles. The highest BCUT2D eigenvalue weighted by molar-refractivity contribution is 5.99. The van der Waals surface area contributed by atoms with Crippen molar-refractivity contribution in [3.63, 3.8) is 0 Å². The van der Waals surface area contributed by atoms with Gasteiger partial charge in [-0.05, 0) is 31.6 Å². The SMILES string of the molecule is CCCCN=C(N)NC(=O)C(Cc1ccc(-c2ccccc2)c(OCCCOC)c1CNCCN(C)C)OC(=O)C(F)(F)F. The van der Waals surface area contributed by atoms with Gasteiger partial charge in [-0.15, -0.1) is 0 Å². The fraction of sp³-hybridized carbons (Fsp3) is 0.516. The number of likely N-dealkylation sites (N-methyl/N-ethyl adjacent to an activating group) is 1. The van der Waals surface area contributed by atoms with Crippen LogP contribution in [-0.4, -0.2) is 89.1 Å². The summed E-state index contributed by atoms with van der Waals surface area (Å²) in [5.41, 5.74) is 8.50. The number of aliphatic imine (C=N–C) groups is 1. The fourth-order valence-electron chi connectivity index (χ4n) is 4.14. The molecular formula is C31H44F3N5O5. The molecule has 0 spiro atoms. The minimum atomic E-state index is -5.30. The van der Waals surface area contributed by atoms with Crippen LogP contribution in [0.2, 0.25) is 0 Å². The van der Waals surface area contributed by atoms with Crippen LogP contribution in [0, 0.1) is 0 Å². The van der Waals surface area contributed by atoms with E-state index in [4.69, 9.17) is 19.9 Å². The number of hydrogen-bond acceptors (Lipinski definition) is 8. The van der Waals surface area contributed by atoms with Crippen LogP contribution in [-0.2, 0) is 32.0 Å². The molecule has 1 unspecified atom stereocenters. The molecule has 2 rings (SSSR count). The van der Waals surface area contributed by atoms with Crippen molar-refractivity contribution in [3.05, 3.63) is 53.6 Å². The first-order valence-corrected chi connectivity index (χ1v) is 14.5. The summed E-state index contributed by atoms with van der Waals surface area (Å²) in [7, 11) is 5.46. The predicted molar refractivity (Wildman–Crippen MR) is 163 cm³/mol. The number of rotatable bonds is 18. The van der Waals surface area contributed by atoms with E-state index in [0.717, 1.165) is 24.1 Å².